The van der Waals surface area contributed by atoms with Crippen LogP contribution in [0.5, 0.6) is 0 Å². The molecule has 3 rings (SSSR count). The van der Waals surface area contributed by atoms with Crippen molar-refractivity contribution in [3.8, 4) is 5.82 Å². The zero-order valence-electron chi connectivity index (χ0n) is 14.1. The molecule has 2 heterocycles. The minimum Gasteiger partial charge on any atom is -0.263 e. The van der Waals surface area contributed by atoms with Gasteiger partial charge in [0.05, 0.1) is 9.85 Å². The van der Waals surface area contributed by atoms with E-state index in [1.807, 2.05) is 0 Å². The number of nitro benzene ring substituents is 2. The van der Waals surface area contributed by atoms with Gasteiger partial charge in [0.25, 0.3) is 21.4 Å². The predicted molar refractivity (Wildman–Crippen MR) is 94.5 cm³/mol. The molecule has 0 bridgehead atoms. The highest BCUT2D eigenvalue weighted by Crippen LogP contribution is 2.31. The Balaban J connectivity index is 2.03. The molecule has 0 spiro atoms. The molecule has 0 unspecified atom stereocenters. The maximum atomic E-state index is 12.6. The van der Waals surface area contributed by atoms with Crippen LogP contribution in [0.15, 0.2) is 47.9 Å². The van der Waals surface area contributed by atoms with Crippen LogP contribution in [-0.2, 0) is 10.0 Å². The third-order valence-corrected chi connectivity index (χ3v) is 4.99. The van der Waals surface area contributed by atoms with Gasteiger partial charge in [0.1, 0.15) is 22.6 Å². The van der Waals surface area contributed by atoms with E-state index >= 15 is 0 Å². The summed E-state index contributed by atoms with van der Waals surface area (Å²) in [5, 5.41) is 26.2. The number of rotatable bonds is 6. The summed E-state index contributed by atoms with van der Waals surface area (Å²) in [7, 11) is -4.41. The van der Waals surface area contributed by atoms with E-state index < -0.39 is 36.1 Å². The van der Waals surface area contributed by atoms with Gasteiger partial charge >= 0.3 is 0 Å². The molecule has 0 saturated heterocycles. The van der Waals surface area contributed by atoms with Crippen molar-refractivity contribution in [1.82, 2.24) is 19.7 Å². The maximum absolute atomic E-state index is 12.6. The number of nitro groups is 2. The van der Waals surface area contributed by atoms with Gasteiger partial charge in [-0.05, 0) is 13.0 Å². The second-order valence-corrected chi connectivity index (χ2v) is 7.10. The van der Waals surface area contributed by atoms with Crippen molar-refractivity contribution in [2.75, 3.05) is 4.72 Å². The van der Waals surface area contributed by atoms with E-state index in [0.717, 1.165) is 18.5 Å². The summed E-state index contributed by atoms with van der Waals surface area (Å²) in [5.41, 5.74) is -1.62. The molecule has 1 aromatic carbocycles. The van der Waals surface area contributed by atoms with Crippen LogP contribution >= 0.6 is 0 Å². The topological polar surface area (TPSA) is 176 Å². The Morgan fingerprint density at radius 3 is 2.25 bits per heavy atom. The number of sulfonamides is 1. The lowest BCUT2D eigenvalue weighted by atomic mass is 10.1. The standard InChI is InChI=1S/C14H11N7O6S/c1-9-11(20(22)23)5-10(6-12(9)21(24)25)28(26,27)18-13-7-14(16-8-15-13)19-4-2-3-17-19/h2-8H,1H3,(H,15,16,18). The first-order chi connectivity index (χ1) is 13.2. The Kier molecular flexibility index (Phi) is 4.70. The molecular formula is C14H11N7O6S. The summed E-state index contributed by atoms with van der Waals surface area (Å²) in [5.74, 6) is 0.116. The Morgan fingerprint density at radius 2 is 1.71 bits per heavy atom. The highest BCUT2D eigenvalue weighted by Gasteiger charge is 2.28. The predicted octanol–water partition coefficient (Wildman–Crippen LogP) is 1.59. The third kappa shape index (κ3) is 3.61. The number of benzene rings is 1. The fourth-order valence-corrected chi connectivity index (χ4v) is 3.36. The highest BCUT2D eigenvalue weighted by molar-refractivity contribution is 7.92. The molecule has 3 aromatic rings. The maximum Gasteiger partial charge on any atom is 0.280 e. The van der Waals surface area contributed by atoms with Crippen LogP contribution in [0, 0.1) is 27.2 Å². The quantitative estimate of drug-likeness (QED) is 0.471. The average molecular weight is 405 g/mol. The molecule has 13 nitrogen and oxygen atoms in total. The van der Waals surface area contributed by atoms with Gasteiger partial charge in [-0.15, -0.1) is 0 Å². The lowest BCUT2D eigenvalue weighted by Gasteiger charge is -2.09. The van der Waals surface area contributed by atoms with Gasteiger partial charge in [-0.1, -0.05) is 0 Å². The fraction of sp³-hybridized carbons (Fsp3) is 0.0714. The number of anilines is 1. The average Bonchev–Trinajstić information content (AvgIpc) is 3.15. The molecule has 0 aliphatic heterocycles. The van der Waals surface area contributed by atoms with Gasteiger partial charge in [-0.3, -0.25) is 25.0 Å². The van der Waals surface area contributed by atoms with E-state index in [4.69, 9.17) is 0 Å². The van der Waals surface area contributed by atoms with Crippen LogP contribution in [0.4, 0.5) is 17.2 Å². The number of hydrogen-bond donors (Lipinski definition) is 1. The normalized spacial score (nSPS) is 11.2. The number of nitrogens with zero attached hydrogens (tertiary/aromatic N) is 6. The highest BCUT2D eigenvalue weighted by atomic mass is 32.2. The molecule has 28 heavy (non-hydrogen) atoms. The molecule has 0 atom stereocenters. The van der Waals surface area contributed by atoms with Crippen molar-refractivity contribution in [1.29, 1.82) is 0 Å². The summed E-state index contributed by atoms with van der Waals surface area (Å²) >= 11 is 0. The molecule has 0 fully saturated rings. The molecule has 0 aliphatic rings. The summed E-state index contributed by atoms with van der Waals surface area (Å²) in [6.45, 7) is 1.17. The number of nitrogens with one attached hydrogen (secondary N) is 1. The van der Waals surface area contributed by atoms with Crippen LogP contribution in [0.2, 0.25) is 0 Å². The van der Waals surface area contributed by atoms with E-state index in [1.54, 1.807) is 12.3 Å². The van der Waals surface area contributed by atoms with Crippen molar-refractivity contribution in [2.45, 2.75) is 11.8 Å². The third-order valence-electron chi connectivity index (χ3n) is 3.66. The van der Waals surface area contributed by atoms with Crippen LogP contribution in [0.3, 0.4) is 0 Å². The number of aromatic nitrogens is 4. The van der Waals surface area contributed by atoms with Gasteiger partial charge in [0, 0.05) is 30.6 Å². The van der Waals surface area contributed by atoms with Gasteiger partial charge < -0.3 is 0 Å². The second-order valence-electron chi connectivity index (χ2n) is 5.42. The minimum atomic E-state index is -4.41. The lowest BCUT2D eigenvalue weighted by Crippen LogP contribution is -2.15. The largest absolute Gasteiger partial charge is 0.280 e. The first-order valence-corrected chi connectivity index (χ1v) is 8.95. The van der Waals surface area contributed by atoms with E-state index in [1.165, 1.54) is 23.9 Å². The summed E-state index contributed by atoms with van der Waals surface area (Å²) < 4.78 is 28.7. The SMILES string of the molecule is Cc1c([N+](=O)[O-])cc(S(=O)(=O)Nc2cc(-n3cccn3)ncn2)cc1[N+](=O)[O-]. The first-order valence-electron chi connectivity index (χ1n) is 7.47. The molecule has 1 N–H and O–H groups in total. The molecule has 2 aromatic heterocycles. The smallest absolute Gasteiger partial charge is 0.263 e. The summed E-state index contributed by atoms with van der Waals surface area (Å²) in [6, 6.07) is 4.42. The van der Waals surface area contributed by atoms with Crippen LogP contribution in [-0.4, -0.2) is 38.0 Å². The zero-order valence-corrected chi connectivity index (χ0v) is 14.9. The Morgan fingerprint density at radius 1 is 1.07 bits per heavy atom. The molecule has 0 radical (unpaired) electrons. The molecular weight excluding hydrogens is 394 g/mol. The van der Waals surface area contributed by atoms with Gasteiger partial charge in [0.15, 0.2) is 5.82 Å². The van der Waals surface area contributed by atoms with Gasteiger partial charge in [-0.2, -0.15) is 5.10 Å². The lowest BCUT2D eigenvalue weighted by molar-refractivity contribution is -0.395. The van der Waals surface area contributed by atoms with Gasteiger partial charge in [0.2, 0.25) is 0 Å². The van der Waals surface area contributed by atoms with Gasteiger partial charge in [-0.25, -0.2) is 23.1 Å². The van der Waals surface area contributed by atoms with Crippen LogP contribution in [0.1, 0.15) is 5.56 Å². The molecule has 144 valence electrons. The van der Waals surface area contributed by atoms with Crippen molar-refractivity contribution in [3.63, 3.8) is 0 Å². The minimum absolute atomic E-state index is 0.147. The molecule has 0 saturated carbocycles. The van der Waals surface area contributed by atoms with E-state index in [-0.39, 0.29) is 17.2 Å². The molecule has 14 heteroatoms. The van der Waals surface area contributed by atoms with E-state index in [9.17, 15) is 28.6 Å². The molecule has 0 amide bonds. The van der Waals surface area contributed by atoms with Crippen molar-refractivity contribution in [3.05, 3.63) is 68.8 Å². The van der Waals surface area contributed by atoms with Crippen molar-refractivity contribution in [2.24, 2.45) is 0 Å². The Labute approximate surface area is 157 Å². The number of hydrogen-bond acceptors (Lipinski definition) is 9. The fourth-order valence-electron chi connectivity index (χ4n) is 2.32. The van der Waals surface area contributed by atoms with Crippen LogP contribution in [0.25, 0.3) is 5.82 Å². The monoisotopic (exact) mass is 405 g/mol. The first kappa shape index (κ1) is 18.8. The van der Waals surface area contributed by atoms with E-state index in [0.29, 0.717) is 0 Å². The van der Waals surface area contributed by atoms with Crippen molar-refractivity contribution >= 4 is 27.2 Å². The summed E-state index contributed by atoms with van der Waals surface area (Å²) in [6.07, 6.45) is 4.17. The Hall–Kier alpha value is -3.94. The van der Waals surface area contributed by atoms with Crippen LogP contribution < -0.4 is 4.72 Å². The second kappa shape index (κ2) is 6.99. The van der Waals surface area contributed by atoms with E-state index in [2.05, 4.69) is 19.8 Å². The zero-order chi connectivity index (χ0) is 20.5. The molecule has 0 aliphatic carbocycles. The van der Waals surface area contributed by atoms with Crippen molar-refractivity contribution < 1.29 is 18.3 Å². The summed E-state index contributed by atoms with van der Waals surface area (Å²) in [4.78, 5) is 27.6. The Bertz CT molecular complexity index is 1140.